The second-order valence-corrected chi connectivity index (χ2v) is 13.6. The van der Waals surface area contributed by atoms with Gasteiger partial charge in [-0.2, -0.15) is 0 Å². The molecule has 4 aromatic rings. The first-order valence-corrected chi connectivity index (χ1v) is 17.2. The van der Waals surface area contributed by atoms with E-state index < -0.39 is 0 Å². The number of imidazole rings is 2. The van der Waals surface area contributed by atoms with Gasteiger partial charge in [0, 0.05) is 82.3 Å². The molecule has 47 heavy (non-hydrogen) atoms. The van der Waals surface area contributed by atoms with Crippen molar-refractivity contribution in [3.63, 3.8) is 0 Å². The van der Waals surface area contributed by atoms with Crippen molar-refractivity contribution >= 4 is 34.8 Å². The molecule has 0 atom stereocenters. The number of carbonyl (C=O) groups is 2. The quantitative estimate of drug-likeness (QED) is 0.230. The lowest BCUT2D eigenvalue weighted by Gasteiger charge is -2.32. The van der Waals surface area contributed by atoms with Crippen molar-refractivity contribution in [2.45, 2.75) is 65.0 Å². The lowest BCUT2D eigenvalue weighted by atomic mass is 9.88. The van der Waals surface area contributed by atoms with E-state index in [0.29, 0.717) is 34.6 Å². The average Bonchev–Trinajstić information content (AvgIpc) is 3.59. The minimum atomic E-state index is -0.312. The van der Waals surface area contributed by atoms with Crippen LogP contribution in [0.2, 0.25) is 5.02 Å². The monoisotopic (exact) mass is 654 g/mol. The number of benzene rings is 2. The van der Waals surface area contributed by atoms with Gasteiger partial charge < -0.3 is 25.1 Å². The van der Waals surface area contributed by atoms with Gasteiger partial charge in [-0.1, -0.05) is 55.1 Å². The number of hydrogen-bond acceptors (Lipinski definition) is 6. The summed E-state index contributed by atoms with van der Waals surface area (Å²) < 4.78 is 3.82. The summed E-state index contributed by atoms with van der Waals surface area (Å²) in [6, 6.07) is 11.3. The number of halogens is 1. The Kier molecular flexibility index (Phi) is 8.91. The third kappa shape index (κ3) is 6.22. The molecule has 0 spiro atoms. The maximum atomic E-state index is 13.6. The van der Waals surface area contributed by atoms with Crippen LogP contribution >= 0.6 is 11.6 Å². The number of hydrogen-bond donors (Lipinski definition) is 3. The lowest BCUT2D eigenvalue weighted by molar-refractivity contribution is 0.100. The number of anilines is 2. The smallest absolute Gasteiger partial charge is 0.291 e. The minimum Gasteiger partial charge on any atom is -0.327 e. The number of amides is 2. The van der Waals surface area contributed by atoms with E-state index in [1.54, 1.807) is 6.07 Å². The number of carbonyl (C=O) groups excluding carboxylic acids is 2. The summed E-state index contributed by atoms with van der Waals surface area (Å²) in [5.74, 6) is 1.01. The fourth-order valence-corrected chi connectivity index (χ4v) is 7.87. The van der Waals surface area contributed by atoms with Gasteiger partial charge in [0.05, 0.1) is 22.1 Å². The van der Waals surface area contributed by atoms with Crippen LogP contribution in [0, 0.1) is 12.8 Å². The normalized spacial score (nSPS) is 16.9. The SMILES string of the molecule is Cc1c(NC(=O)c2nc3c(n2C)CCN(CC2CCCCC2)C3)cccc1-c1cccc(NC(=O)c2nc3c(n2C)CCNC3)c1Cl. The van der Waals surface area contributed by atoms with E-state index in [0.717, 1.165) is 84.4 Å². The van der Waals surface area contributed by atoms with Crippen molar-refractivity contribution in [3.05, 3.63) is 81.4 Å². The Balaban J connectivity index is 1.07. The van der Waals surface area contributed by atoms with Crippen molar-refractivity contribution in [1.29, 1.82) is 0 Å². The molecule has 0 saturated heterocycles. The van der Waals surface area contributed by atoms with E-state index in [1.807, 2.05) is 60.5 Å². The first-order valence-electron chi connectivity index (χ1n) is 16.8. The van der Waals surface area contributed by atoms with Gasteiger partial charge in [-0.05, 0) is 48.9 Å². The number of fused-ring (bicyclic) bond motifs is 2. The molecular formula is C36H43ClN8O2. The summed E-state index contributed by atoms with van der Waals surface area (Å²) in [6.07, 6.45) is 8.44. The van der Waals surface area contributed by atoms with Crippen LogP contribution in [0.1, 0.15) is 81.7 Å². The number of nitrogens with zero attached hydrogens (tertiary/aromatic N) is 5. The van der Waals surface area contributed by atoms with Crippen LogP contribution in [0.15, 0.2) is 36.4 Å². The highest BCUT2D eigenvalue weighted by atomic mass is 35.5. The van der Waals surface area contributed by atoms with Gasteiger partial charge >= 0.3 is 0 Å². The molecule has 4 heterocycles. The highest BCUT2D eigenvalue weighted by Gasteiger charge is 2.28. The summed E-state index contributed by atoms with van der Waals surface area (Å²) in [5, 5.41) is 9.81. The molecule has 7 rings (SSSR count). The predicted molar refractivity (Wildman–Crippen MR) is 185 cm³/mol. The zero-order valence-corrected chi connectivity index (χ0v) is 28.2. The number of rotatable bonds is 7. The molecule has 11 heteroatoms. The summed E-state index contributed by atoms with van der Waals surface area (Å²) in [6.45, 7) is 6.41. The number of aromatic nitrogens is 4. The minimum absolute atomic E-state index is 0.235. The molecular weight excluding hydrogens is 612 g/mol. The summed E-state index contributed by atoms with van der Waals surface area (Å²) in [4.78, 5) is 38.9. The molecule has 2 amide bonds. The Morgan fingerprint density at radius 2 is 1.51 bits per heavy atom. The average molecular weight is 655 g/mol. The highest BCUT2D eigenvalue weighted by molar-refractivity contribution is 6.36. The van der Waals surface area contributed by atoms with Crippen LogP contribution in [0.25, 0.3) is 11.1 Å². The Hall–Kier alpha value is -3.99. The van der Waals surface area contributed by atoms with Gasteiger partial charge in [0.15, 0.2) is 11.6 Å². The van der Waals surface area contributed by atoms with E-state index in [-0.39, 0.29) is 11.8 Å². The third-order valence-electron chi connectivity index (χ3n) is 10.2. The van der Waals surface area contributed by atoms with Gasteiger partial charge in [0.2, 0.25) is 0 Å². The Labute approximate surface area is 280 Å². The Bertz CT molecular complexity index is 1840. The van der Waals surface area contributed by atoms with Gasteiger partial charge in [-0.15, -0.1) is 0 Å². The van der Waals surface area contributed by atoms with Crippen molar-refractivity contribution < 1.29 is 9.59 Å². The second kappa shape index (κ2) is 13.3. The van der Waals surface area contributed by atoms with E-state index >= 15 is 0 Å². The molecule has 0 bridgehead atoms. The standard InChI is InChI=1S/C36H43ClN8O2/c1-22-24(25-12-8-14-27(32(25)37)42-36(47)33-39-28-19-38-17-15-30(28)43(33)2)11-7-13-26(22)41-35(46)34-40-29-21-45(18-16-31(29)44(34)3)20-23-9-5-4-6-10-23/h7-8,11-14,23,38H,4-6,9-10,15-21H2,1-3H3,(H,41,46)(H,42,47). The molecule has 0 radical (unpaired) electrons. The van der Waals surface area contributed by atoms with Crippen LogP contribution in [0.4, 0.5) is 11.4 Å². The van der Waals surface area contributed by atoms with E-state index in [4.69, 9.17) is 16.6 Å². The summed E-state index contributed by atoms with van der Waals surface area (Å²) in [5.41, 5.74) is 7.81. The zero-order chi connectivity index (χ0) is 32.7. The summed E-state index contributed by atoms with van der Waals surface area (Å²) in [7, 11) is 3.82. The topological polar surface area (TPSA) is 109 Å². The molecule has 1 aliphatic carbocycles. The van der Waals surface area contributed by atoms with E-state index in [2.05, 4.69) is 25.8 Å². The van der Waals surface area contributed by atoms with Crippen molar-refractivity contribution in [2.75, 3.05) is 30.3 Å². The van der Waals surface area contributed by atoms with Crippen LogP contribution in [-0.2, 0) is 40.0 Å². The molecule has 2 aromatic heterocycles. The third-order valence-corrected chi connectivity index (χ3v) is 10.6. The molecule has 2 aromatic carbocycles. The molecule has 0 unspecified atom stereocenters. The maximum absolute atomic E-state index is 13.6. The highest BCUT2D eigenvalue weighted by Crippen LogP contribution is 2.38. The largest absolute Gasteiger partial charge is 0.327 e. The fourth-order valence-electron chi connectivity index (χ4n) is 7.59. The van der Waals surface area contributed by atoms with Crippen molar-refractivity contribution in [1.82, 2.24) is 29.3 Å². The van der Waals surface area contributed by atoms with Crippen molar-refractivity contribution in [2.24, 2.45) is 20.0 Å². The second-order valence-electron chi connectivity index (χ2n) is 13.2. The molecule has 10 nitrogen and oxygen atoms in total. The molecule has 2 aliphatic heterocycles. The first kappa shape index (κ1) is 31.6. The zero-order valence-electron chi connectivity index (χ0n) is 27.5. The van der Waals surface area contributed by atoms with Gasteiger partial charge in [0.1, 0.15) is 0 Å². The van der Waals surface area contributed by atoms with Gasteiger partial charge in [0.25, 0.3) is 11.8 Å². The van der Waals surface area contributed by atoms with Crippen LogP contribution in [0.5, 0.6) is 0 Å². The van der Waals surface area contributed by atoms with Crippen LogP contribution in [0.3, 0.4) is 0 Å². The van der Waals surface area contributed by atoms with Crippen molar-refractivity contribution in [3.8, 4) is 11.1 Å². The molecule has 3 N–H and O–H groups in total. The Morgan fingerprint density at radius 1 is 0.872 bits per heavy atom. The van der Waals surface area contributed by atoms with E-state index in [9.17, 15) is 9.59 Å². The Morgan fingerprint density at radius 3 is 2.23 bits per heavy atom. The summed E-state index contributed by atoms with van der Waals surface area (Å²) >= 11 is 6.94. The first-order chi connectivity index (χ1) is 22.8. The fraction of sp³-hybridized carbons (Fsp3) is 0.444. The van der Waals surface area contributed by atoms with Gasteiger partial charge in [-0.3, -0.25) is 14.5 Å². The van der Waals surface area contributed by atoms with E-state index in [1.165, 1.54) is 32.1 Å². The number of nitrogens with one attached hydrogen (secondary N) is 3. The lowest BCUT2D eigenvalue weighted by Crippen LogP contribution is -2.35. The maximum Gasteiger partial charge on any atom is 0.291 e. The van der Waals surface area contributed by atoms with Gasteiger partial charge in [-0.25, -0.2) is 9.97 Å². The van der Waals surface area contributed by atoms with Crippen LogP contribution in [-0.4, -0.2) is 55.5 Å². The predicted octanol–water partition coefficient (Wildman–Crippen LogP) is 5.87. The van der Waals surface area contributed by atoms with Crippen LogP contribution < -0.4 is 16.0 Å². The molecule has 246 valence electrons. The molecule has 1 fully saturated rings. The molecule has 1 saturated carbocycles. The molecule has 3 aliphatic rings.